The van der Waals surface area contributed by atoms with Gasteiger partial charge in [-0.1, -0.05) is 0 Å². The van der Waals surface area contributed by atoms with Crippen LogP contribution in [0.25, 0.3) is 0 Å². The van der Waals surface area contributed by atoms with Crippen LogP contribution in [0, 0.1) is 20.2 Å². The highest BCUT2D eigenvalue weighted by atomic mass is 16.6. The predicted molar refractivity (Wildman–Crippen MR) is 67.0 cm³/mol. The van der Waals surface area contributed by atoms with Gasteiger partial charge in [-0.3, -0.25) is 20.2 Å². The molecule has 1 aromatic heterocycles. The average molecular weight is 278 g/mol. The average Bonchev–Trinajstić information content (AvgIpc) is 2.85. The SMILES string of the molecule is O=[N+]([O-])c1ccc(Cn2ccnc2CO)c([N+](=O)[O-])c1. The van der Waals surface area contributed by atoms with Crippen molar-refractivity contribution < 1.29 is 15.0 Å². The van der Waals surface area contributed by atoms with Gasteiger partial charge < -0.3 is 9.67 Å². The van der Waals surface area contributed by atoms with Crippen molar-refractivity contribution in [2.24, 2.45) is 0 Å². The maximum absolute atomic E-state index is 11.0. The van der Waals surface area contributed by atoms with Crippen molar-refractivity contribution in [1.29, 1.82) is 0 Å². The Hall–Kier alpha value is -2.81. The fourth-order valence-corrected chi connectivity index (χ4v) is 1.79. The van der Waals surface area contributed by atoms with Crippen LogP contribution in [0.4, 0.5) is 11.4 Å². The van der Waals surface area contributed by atoms with Gasteiger partial charge in [-0.2, -0.15) is 0 Å². The molecule has 0 radical (unpaired) electrons. The number of nitrogens with zero attached hydrogens (tertiary/aromatic N) is 4. The van der Waals surface area contributed by atoms with Crippen LogP contribution in [0.3, 0.4) is 0 Å². The Labute approximate surface area is 112 Å². The van der Waals surface area contributed by atoms with Gasteiger partial charge in [0, 0.05) is 18.5 Å². The van der Waals surface area contributed by atoms with Crippen molar-refractivity contribution in [3.05, 3.63) is 62.2 Å². The van der Waals surface area contributed by atoms with E-state index < -0.39 is 9.85 Å². The molecule has 20 heavy (non-hydrogen) atoms. The van der Waals surface area contributed by atoms with Gasteiger partial charge in [-0.25, -0.2) is 4.98 Å². The van der Waals surface area contributed by atoms with Gasteiger partial charge >= 0.3 is 0 Å². The summed E-state index contributed by atoms with van der Waals surface area (Å²) in [5, 5.41) is 30.7. The zero-order chi connectivity index (χ0) is 14.7. The van der Waals surface area contributed by atoms with E-state index in [0.29, 0.717) is 11.4 Å². The zero-order valence-corrected chi connectivity index (χ0v) is 10.2. The van der Waals surface area contributed by atoms with Gasteiger partial charge in [-0.05, 0) is 6.07 Å². The molecule has 1 N–H and O–H groups in total. The highest BCUT2D eigenvalue weighted by Gasteiger charge is 2.19. The Morgan fingerprint density at radius 2 is 2.00 bits per heavy atom. The van der Waals surface area contributed by atoms with Crippen LogP contribution >= 0.6 is 0 Å². The molecule has 2 rings (SSSR count). The van der Waals surface area contributed by atoms with Crippen LogP contribution in [0.15, 0.2) is 30.6 Å². The van der Waals surface area contributed by atoms with E-state index in [4.69, 9.17) is 5.11 Å². The summed E-state index contributed by atoms with van der Waals surface area (Å²) in [6.07, 6.45) is 3.03. The number of aromatic nitrogens is 2. The Morgan fingerprint density at radius 3 is 2.60 bits per heavy atom. The maximum Gasteiger partial charge on any atom is 0.281 e. The number of nitro benzene ring substituents is 2. The lowest BCUT2D eigenvalue weighted by Gasteiger charge is -2.06. The number of aliphatic hydroxyl groups excluding tert-OH is 1. The summed E-state index contributed by atoms with van der Waals surface area (Å²) < 4.78 is 1.54. The predicted octanol–water partition coefficient (Wildman–Crippen LogP) is 1.24. The Morgan fingerprint density at radius 1 is 1.25 bits per heavy atom. The quantitative estimate of drug-likeness (QED) is 0.648. The summed E-state index contributed by atoms with van der Waals surface area (Å²) in [5.74, 6) is 0.359. The van der Waals surface area contributed by atoms with Gasteiger partial charge in [-0.15, -0.1) is 0 Å². The summed E-state index contributed by atoms with van der Waals surface area (Å²) >= 11 is 0. The molecule has 0 bridgehead atoms. The summed E-state index contributed by atoms with van der Waals surface area (Å²) in [4.78, 5) is 24.2. The molecule has 9 heteroatoms. The molecule has 1 aromatic carbocycles. The van der Waals surface area contributed by atoms with Crippen molar-refractivity contribution in [3.63, 3.8) is 0 Å². The van der Waals surface area contributed by atoms with Gasteiger partial charge in [0.1, 0.15) is 12.4 Å². The first kappa shape index (κ1) is 13.6. The fourth-order valence-electron chi connectivity index (χ4n) is 1.79. The lowest BCUT2D eigenvalue weighted by atomic mass is 10.1. The molecular formula is C11H10N4O5. The molecule has 104 valence electrons. The molecule has 0 unspecified atom stereocenters. The topological polar surface area (TPSA) is 124 Å². The van der Waals surface area contributed by atoms with Crippen molar-refractivity contribution >= 4 is 11.4 Å². The number of aliphatic hydroxyl groups is 1. The van der Waals surface area contributed by atoms with Gasteiger partial charge in [0.25, 0.3) is 11.4 Å². The molecule has 0 aliphatic carbocycles. The van der Waals surface area contributed by atoms with E-state index in [-0.39, 0.29) is 24.5 Å². The first-order valence-corrected chi connectivity index (χ1v) is 5.55. The van der Waals surface area contributed by atoms with Crippen LogP contribution in [0.2, 0.25) is 0 Å². The van der Waals surface area contributed by atoms with Crippen LogP contribution in [0.5, 0.6) is 0 Å². The highest BCUT2D eigenvalue weighted by molar-refractivity contribution is 5.49. The summed E-state index contributed by atoms with van der Waals surface area (Å²) in [7, 11) is 0. The third kappa shape index (κ3) is 2.62. The van der Waals surface area contributed by atoms with Crippen LogP contribution in [-0.2, 0) is 13.2 Å². The first-order chi connectivity index (χ1) is 9.52. The van der Waals surface area contributed by atoms with E-state index in [1.54, 1.807) is 6.20 Å². The molecule has 0 atom stereocenters. The van der Waals surface area contributed by atoms with Crippen molar-refractivity contribution in [1.82, 2.24) is 9.55 Å². The number of benzene rings is 1. The molecule has 2 aromatic rings. The molecular weight excluding hydrogens is 268 g/mol. The minimum absolute atomic E-state index is 0.101. The van der Waals surface area contributed by atoms with Gasteiger partial charge in [0.2, 0.25) is 0 Å². The first-order valence-electron chi connectivity index (χ1n) is 5.55. The molecule has 0 spiro atoms. The third-order valence-corrected chi connectivity index (χ3v) is 2.76. The van der Waals surface area contributed by atoms with Gasteiger partial charge in [0.15, 0.2) is 0 Å². The van der Waals surface area contributed by atoms with E-state index in [0.717, 1.165) is 6.07 Å². The standard InChI is InChI=1S/C11H10N4O5/c16-7-11-12-3-4-13(11)6-8-1-2-9(14(17)18)5-10(8)15(19)20/h1-5,16H,6-7H2. The number of nitro groups is 2. The number of hydrogen-bond donors (Lipinski definition) is 1. The van der Waals surface area contributed by atoms with Crippen LogP contribution < -0.4 is 0 Å². The molecule has 0 aliphatic rings. The second kappa shape index (κ2) is 5.45. The van der Waals surface area contributed by atoms with Crippen molar-refractivity contribution in [3.8, 4) is 0 Å². The monoisotopic (exact) mass is 278 g/mol. The lowest BCUT2D eigenvalue weighted by molar-refractivity contribution is -0.394. The number of non-ortho nitro benzene ring substituents is 1. The van der Waals surface area contributed by atoms with Crippen molar-refractivity contribution in [2.45, 2.75) is 13.2 Å². The smallest absolute Gasteiger partial charge is 0.281 e. The minimum atomic E-state index is -0.687. The van der Waals surface area contributed by atoms with E-state index in [2.05, 4.69) is 4.98 Å². The van der Waals surface area contributed by atoms with E-state index >= 15 is 0 Å². The fraction of sp³-hybridized carbons (Fsp3) is 0.182. The van der Waals surface area contributed by atoms with E-state index in [1.165, 1.54) is 22.9 Å². The zero-order valence-electron chi connectivity index (χ0n) is 10.2. The Bertz CT molecular complexity index is 667. The highest BCUT2D eigenvalue weighted by Crippen LogP contribution is 2.25. The molecule has 0 aliphatic heterocycles. The minimum Gasteiger partial charge on any atom is -0.388 e. The largest absolute Gasteiger partial charge is 0.388 e. The molecule has 1 heterocycles. The van der Waals surface area contributed by atoms with Gasteiger partial charge in [0.05, 0.1) is 28.0 Å². The van der Waals surface area contributed by atoms with E-state index in [9.17, 15) is 20.2 Å². The van der Waals surface area contributed by atoms with E-state index in [1.807, 2.05) is 0 Å². The Balaban J connectivity index is 2.41. The lowest BCUT2D eigenvalue weighted by Crippen LogP contribution is -2.06. The summed E-state index contributed by atoms with van der Waals surface area (Å²) in [5.41, 5.74) is -0.376. The molecule has 0 saturated carbocycles. The third-order valence-electron chi connectivity index (χ3n) is 2.76. The number of hydrogen-bond acceptors (Lipinski definition) is 6. The maximum atomic E-state index is 11.0. The molecule has 0 fully saturated rings. The van der Waals surface area contributed by atoms with Crippen LogP contribution in [-0.4, -0.2) is 24.5 Å². The van der Waals surface area contributed by atoms with Crippen molar-refractivity contribution in [2.75, 3.05) is 0 Å². The normalized spacial score (nSPS) is 10.4. The Kier molecular flexibility index (Phi) is 3.71. The van der Waals surface area contributed by atoms with Crippen LogP contribution in [0.1, 0.15) is 11.4 Å². The second-order valence-electron chi connectivity index (χ2n) is 3.96. The number of rotatable bonds is 5. The molecule has 0 saturated heterocycles. The summed E-state index contributed by atoms with van der Waals surface area (Å²) in [6.45, 7) is -0.196. The molecule has 9 nitrogen and oxygen atoms in total. The second-order valence-corrected chi connectivity index (χ2v) is 3.96. The summed E-state index contributed by atoms with van der Waals surface area (Å²) in [6, 6.07) is 3.46. The number of imidazole rings is 1. The molecule has 0 amide bonds.